The first-order chi connectivity index (χ1) is 10.9. The van der Waals surface area contributed by atoms with Gasteiger partial charge in [0.15, 0.2) is 0 Å². The fraction of sp³-hybridized carbons (Fsp3) is 0.125. The van der Waals surface area contributed by atoms with E-state index in [1.54, 1.807) is 30.3 Å². The number of nitrogens with zero attached hydrogens (tertiary/aromatic N) is 1. The number of anilines is 1. The number of hydrogen-bond acceptors (Lipinski definition) is 5. The van der Waals surface area contributed by atoms with Crippen LogP contribution in [-0.2, 0) is 9.53 Å². The third kappa shape index (κ3) is 3.52. The Morgan fingerprint density at radius 1 is 1.17 bits per heavy atom. The summed E-state index contributed by atoms with van der Waals surface area (Å²) >= 11 is 0. The Morgan fingerprint density at radius 2 is 1.83 bits per heavy atom. The highest BCUT2D eigenvalue weighted by Crippen LogP contribution is 2.35. The van der Waals surface area contributed by atoms with E-state index in [9.17, 15) is 19.7 Å². The monoisotopic (exact) mass is 314 g/mol. The molecular formula is C16H14N2O5. The van der Waals surface area contributed by atoms with Crippen LogP contribution in [0.4, 0.5) is 11.4 Å². The van der Waals surface area contributed by atoms with Gasteiger partial charge < -0.3 is 10.1 Å². The predicted octanol–water partition coefficient (Wildman–Crippen LogP) is 3.01. The van der Waals surface area contributed by atoms with Crippen LogP contribution in [0.15, 0.2) is 42.5 Å². The summed E-state index contributed by atoms with van der Waals surface area (Å²) in [5, 5.41) is 13.9. The van der Waals surface area contributed by atoms with Crippen LogP contribution in [0.2, 0.25) is 0 Å². The van der Waals surface area contributed by atoms with E-state index < -0.39 is 16.8 Å². The number of benzene rings is 2. The van der Waals surface area contributed by atoms with E-state index in [1.807, 2.05) is 0 Å². The number of nitro benzene ring substituents is 1. The number of nitro groups is 1. The van der Waals surface area contributed by atoms with Crippen molar-refractivity contribution < 1.29 is 19.2 Å². The van der Waals surface area contributed by atoms with Crippen molar-refractivity contribution in [3.8, 4) is 11.1 Å². The number of hydrogen-bond donors (Lipinski definition) is 1. The van der Waals surface area contributed by atoms with Crippen LogP contribution in [-0.4, -0.2) is 23.9 Å². The zero-order valence-electron chi connectivity index (χ0n) is 12.5. The number of nitrogens with one attached hydrogen (secondary N) is 1. The van der Waals surface area contributed by atoms with Gasteiger partial charge in [0.25, 0.3) is 5.69 Å². The molecule has 0 saturated heterocycles. The number of methoxy groups -OCH3 is 1. The largest absolute Gasteiger partial charge is 0.465 e. The van der Waals surface area contributed by atoms with Gasteiger partial charge in [-0.25, -0.2) is 4.79 Å². The van der Waals surface area contributed by atoms with Gasteiger partial charge in [-0.3, -0.25) is 14.9 Å². The van der Waals surface area contributed by atoms with Crippen LogP contribution >= 0.6 is 0 Å². The van der Waals surface area contributed by atoms with Crippen LogP contribution in [0.5, 0.6) is 0 Å². The molecule has 0 bridgehead atoms. The maximum absolute atomic E-state index is 11.8. The van der Waals surface area contributed by atoms with Gasteiger partial charge in [-0.2, -0.15) is 0 Å². The molecule has 0 heterocycles. The zero-order valence-corrected chi connectivity index (χ0v) is 12.5. The number of carbonyl (C=O) groups is 2. The summed E-state index contributed by atoms with van der Waals surface area (Å²) in [5.41, 5.74) is 0.739. The minimum Gasteiger partial charge on any atom is -0.465 e. The van der Waals surface area contributed by atoms with Crippen LogP contribution in [0.25, 0.3) is 11.1 Å². The molecule has 7 nitrogen and oxygen atoms in total. The van der Waals surface area contributed by atoms with E-state index >= 15 is 0 Å². The van der Waals surface area contributed by atoms with Crippen molar-refractivity contribution in [2.45, 2.75) is 6.92 Å². The lowest BCUT2D eigenvalue weighted by molar-refractivity contribution is -0.384. The Kier molecular flexibility index (Phi) is 4.70. The fourth-order valence-corrected chi connectivity index (χ4v) is 2.16. The molecular weight excluding hydrogens is 300 g/mol. The third-order valence-corrected chi connectivity index (χ3v) is 3.13. The SMILES string of the molecule is COC(=O)c1cc([N+](=O)[O-])c(-c2ccccc2)cc1NC(C)=O. The molecule has 23 heavy (non-hydrogen) atoms. The summed E-state index contributed by atoms with van der Waals surface area (Å²) in [7, 11) is 1.16. The molecule has 0 aliphatic heterocycles. The average molecular weight is 314 g/mol. The number of ether oxygens (including phenoxy) is 1. The number of amides is 1. The minimum absolute atomic E-state index is 0.0749. The standard InChI is InChI=1S/C16H14N2O5/c1-10(19)17-14-8-12(11-6-4-3-5-7-11)15(18(21)22)9-13(14)16(20)23-2/h3-9H,1-2H3,(H,17,19). The predicted molar refractivity (Wildman–Crippen MR) is 84.2 cm³/mol. The van der Waals surface area contributed by atoms with E-state index in [0.717, 1.165) is 13.2 Å². The molecule has 0 radical (unpaired) electrons. The summed E-state index contributed by atoms with van der Waals surface area (Å²) in [6.45, 7) is 1.28. The Labute approximate surface area is 132 Å². The van der Waals surface area contributed by atoms with Crippen molar-refractivity contribution in [3.05, 3.63) is 58.1 Å². The summed E-state index contributed by atoms with van der Waals surface area (Å²) < 4.78 is 4.63. The molecule has 0 aliphatic carbocycles. The van der Waals surface area contributed by atoms with Crippen molar-refractivity contribution in [1.29, 1.82) is 0 Å². The van der Waals surface area contributed by atoms with Gasteiger partial charge in [0.1, 0.15) is 0 Å². The molecule has 2 aromatic rings. The van der Waals surface area contributed by atoms with Gasteiger partial charge in [0, 0.05) is 13.0 Å². The number of carbonyl (C=O) groups excluding carboxylic acids is 2. The van der Waals surface area contributed by atoms with E-state index in [1.165, 1.54) is 13.0 Å². The van der Waals surface area contributed by atoms with Crippen molar-refractivity contribution in [1.82, 2.24) is 0 Å². The van der Waals surface area contributed by atoms with Crippen molar-refractivity contribution in [2.24, 2.45) is 0 Å². The number of rotatable bonds is 4. The van der Waals surface area contributed by atoms with Gasteiger partial charge in [0.05, 0.1) is 28.8 Å². The van der Waals surface area contributed by atoms with Gasteiger partial charge in [-0.1, -0.05) is 30.3 Å². The van der Waals surface area contributed by atoms with Gasteiger partial charge in [0.2, 0.25) is 5.91 Å². The molecule has 2 aromatic carbocycles. The lowest BCUT2D eigenvalue weighted by Gasteiger charge is -2.12. The van der Waals surface area contributed by atoms with E-state index in [0.29, 0.717) is 11.1 Å². The van der Waals surface area contributed by atoms with E-state index in [-0.39, 0.29) is 16.9 Å². The first kappa shape index (κ1) is 16.2. The molecule has 0 unspecified atom stereocenters. The molecule has 0 aliphatic rings. The second kappa shape index (κ2) is 6.69. The second-order valence-corrected chi connectivity index (χ2v) is 4.71. The molecule has 118 valence electrons. The summed E-state index contributed by atoms with van der Waals surface area (Å²) in [4.78, 5) is 34.0. The lowest BCUT2D eigenvalue weighted by atomic mass is 9.99. The van der Waals surface area contributed by atoms with Gasteiger partial charge in [-0.15, -0.1) is 0 Å². The Hall–Kier alpha value is -3.22. The molecule has 1 amide bonds. The minimum atomic E-state index is -0.767. The van der Waals surface area contributed by atoms with Crippen LogP contribution in [0.1, 0.15) is 17.3 Å². The van der Waals surface area contributed by atoms with E-state index in [2.05, 4.69) is 10.1 Å². The topological polar surface area (TPSA) is 98.5 Å². The first-order valence-corrected chi connectivity index (χ1v) is 6.67. The van der Waals surface area contributed by atoms with E-state index in [4.69, 9.17) is 0 Å². The molecule has 0 atom stereocenters. The summed E-state index contributed by atoms with van der Waals surface area (Å²) in [6, 6.07) is 11.2. The van der Waals surface area contributed by atoms with Crippen LogP contribution in [0.3, 0.4) is 0 Å². The molecule has 0 aromatic heterocycles. The molecule has 0 saturated carbocycles. The van der Waals surface area contributed by atoms with Gasteiger partial charge in [-0.05, 0) is 11.6 Å². The Bertz CT molecular complexity index is 772. The third-order valence-electron chi connectivity index (χ3n) is 3.13. The molecule has 0 spiro atoms. The van der Waals surface area contributed by atoms with Crippen molar-refractivity contribution >= 4 is 23.3 Å². The quantitative estimate of drug-likeness (QED) is 0.531. The average Bonchev–Trinajstić information content (AvgIpc) is 2.53. The highest BCUT2D eigenvalue weighted by Gasteiger charge is 2.23. The lowest BCUT2D eigenvalue weighted by Crippen LogP contribution is -2.13. The zero-order chi connectivity index (χ0) is 17.0. The van der Waals surface area contributed by atoms with Crippen molar-refractivity contribution in [3.63, 3.8) is 0 Å². The maximum atomic E-state index is 11.8. The molecule has 7 heteroatoms. The second-order valence-electron chi connectivity index (χ2n) is 4.71. The van der Waals surface area contributed by atoms with Crippen LogP contribution in [0, 0.1) is 10.1 Å². The molecule has 2 rings (SSSR count). The number of esters is 1. The normalized spacial score (nSPS) is 10.0. The Balaban J connectivity index is 2.73. The highest BCUT2D eigenvalue weighted by molar-refractivity contribution is 6.03. The van der Waals surface area contributed by atoms with Gasteiger partial charge >= 0.3 is 5.97 Å². The molecule has 0 fully saturated rings. The molecule has 1 N–H and O–H groups in total. The smallest absolute Gasteiger partial charge is 0.340 e. The maximum Gasteiger partial charge on any atom is 0.340 e. The Morgan fingerprint density at radius 3 is 2.35 bits per heavy atom. The fourth-order valence-electron chi connectivity index (χ4n) is 2.16. The van der Waals surface area contributed by atoms with Crippen molar-refractivity contribution in [2.75, 3.05) is 12.4 Å². The first-order valence-electron chi connectivity index (χ1n) is 6.67. The van der Waals surface area contributed by atoms with Crippen LogP contribution < -0.4 is 5.32 Å². The summed E-state index contributed by atoms with van der Waals surface area (Å²) in [6.07, 6.45) is 0. The summed E-state index contributed by atoms with van der Waals surface area (Å²) in [5.74, 6) is -1.17. The highest BCUT2D eigenvalue weighted by atomic mass is 16.6.